The number of imidazole rings is 1. The van der Waals surface area contributed by atoms with E-state index in [1.165, 1.54) is 11.3 Å². The fourth-order valence-electron chi connectivity index (χ4n) is 2.18. The Bertz CT molecular complexity index is 761. The lowest BCUT2D eigenvalue weighted by Crippen LogP contribution is -2.16. The summed E-state index contributed by atoms with van der Waals surface area (Å²) in [6.45, 7) is 3.94. The van der Waals surface area contributed by atoms with Crippen LogP contribution in [0.1, 0.15) is 17.0 Å². The maximum absolute atomic E-state index is 12.1. The van der Waals surface area contributed by atoms with Crippen molar-refractivity contribution in [2.75, 3.05) is 5.32 Å². The van der Waals surface area contributed by atoms with Crippen molar-refractivity contribution in [3.8, 4) is 0 Å². The van der Waals surface area contributed by atoms with Crippen LogP contribution >= 0.6 is 11.3 Å². The molecule has 0 spiro atoms. The zero-order valence-corrected chi connectivity index (χ0v) is 12.1. The molecule has 0 unspecified atom stereocenters. The molecule has 0 aliphatic rings. The standard InChI is InChI=1S/C14H14N4OS/c1-9-4-3-6-18-11(10(2)16-13(9)18)8-12(19)17-14-15-5-7-20-14/h3-7H,8H2,1-2H3,(H,15,17,19). The van der Waals surface area contributed by atoms with E-state index in [-0.39, 0.29) is 12.3 Å². The number of nitrogens with zero attached hydrogens (tertiary/aromatic N) is 3. The highest BCUT2D eigenvalue weighted by molar-refractivity contribution is 7.13. The molecule has 3 rings (SSSR count). The maximum Gasteiger partial charge on any atom is 0.232 e. The number of pyridine rings is 1. The largest absolute Gasteiger partial charge is 0.303 e. The summed E-state index contributed by atoms with van der Waals surface area (Å²) in [5, 5.41) is 5.25. The van der Waals surface area contributed by atoms with E-state index in [0.717, 1.165) is 22.6 Å². The average Bonchev–Trinajstić information content (AvgIpc) is 3.01. The van der Waals surface area contributed by atoms with Crippen molar-refractivity contribution >= 4 is 28.0 Å². The van der Waals surface area contributed by atoms with Crippen LogP contribution in [0.3, 0.4) is 0 Å². The number of anilines is 1. The monoisotopic (exact) mass is 286 g/mol. The van der Waals surface area contributed by atoms with Crippen molar-refractivity contribution < 1.29 is 4.79 Å². The van der Waals surface area contributed by atoms with Crippen molar-refractivity contribution in [1.29, 1.82) is 0 Å². The second kappa shape index (κ2) is 5.05. The molecule has 0 bridgehead atoms. The molecule has 3 aromatic rings. The Balaban J connectivity index is 1.89. The maximum atomic E-state index is 12.1. The van der Waals surface area contributed by atoms with E-state index in [0.29, 0.717) is 5.13 Å². The van der Waals surface area contributed by atoms with Crippen LogP contribution in [0.2, 0.25) is 0 Å². The number of carbonyl (C=O) groups excluding carboxylic acids is 1. The molecule has 20 heavy (non-hydrogen) atoms. The molecule has 0 saturated carbocycles. The first kappa shape index (κ1) is 12.8. The van der Waals surface area contributed by atoms with Crippen molar-refractivity contribution in [1.82, 2.24) is 14.4 Å². The van der Waals surface area contributed by atoms with Gasteiger partial charge in [0.25, 0.3) is 0 Å². The fraction of sp³-hybridized carbons (Fsp3) is 0.214. The molecule has 1 N–H and O–H groups in total. The van der Waals surface area contributed by atoms with Gasteiger partial charge in [-0.3, -0.25) is 4.79 Å². The van der Waals surface area contributed by atoms with Gasteiger partial charge in [-0.25, -0.2) is 9.97 Å². The normalized spacial score (nSPS) is 10.9. The molecule has 0 fully saturated rings. The molecule has 1 amide bonds. The highest BCUT2D eigenvalue weighted by Crippen LogP contribution is 2.17. The first-order valence-electron chi connectivity index (χ1n) is 6.27. The third-order valence-corrected chi connectivity index (χ3v) is 3.84. The second-order valence-electron chi connectivity index (χ2n) is 4.59. The third-order valence-electron chi connectivity index (χ3n) is 3.15. The summed E-state index contributed by atoms with van der Waals surface area (Å²) >= 11 is 1.41. The van der Waals surface area contributed by atoms with Gasteiger partial charge in [-0.2, -0.15) is 0 Å². The number of amides is 1. The summed E-state index contributed by atoms with van der Waals surface area (Å²) in [6, 6.07) is 3.98. The summed E-state index contributed by atoms with van der Waals surface area (Å²) in [4.78, 5) is 20.7. The number of fused-ring (bicyclic) bond motifs is 1. The van der Waals surface area contributed by atoms with E-state index >= 15 is 0 Å². The Morgan fingerprint density at radius 2 is 2.30 bits per heavy atom. The zero-order valence-electron chi connectivity index (χ0n) is 11.3. The molecular formula is C14H14N4OS. The number of aryl methyl sites for hydroxylation is 2. The van der Waals surface area contributed by atoms with Gasteiger partial charge >= 0.3 is 0 Å². The molecule has 0 saturated heterocycles. The van der Waals surface area contributed by atoms with Crippen molar-refractivity contribution in [3.63, 3.8) is 0 Å². The lowest BCUT2D eigenvalue weighted by molar-refractivity contribution is -0.115. The van der Waals surface area contributed by atoms with Crippen LogP contribution < -0.4 is 5.32 Å². The van der Waals surface area contributed by atoms with Gasteiger partial charge in [0.2, 0.25) is 5.91 Å². The van der Waals surface area contributed by atoms with Crippen LogP contribution in [-0.2, 0) is 11.2 Å². The number of thiazole rings is 1. The number of hydrogen-bond donors (Lipinski definition) is 1. The van der Waals surface area contributed by atoms with Gasteiger partial charge in [0.1, 0.15) is 5.65 Å². The number of aromatic nitrogens is 3. The first-order chi connectivity index (χ1) is 9.65. The van der Waals surface area contributed by atoms with E-state index in [2.05, 4.69) is 15.3 Å². The molecule has 0 atom stereocenters. The molecular weight excluding hydrogens is 272 g/mol. The van der Waals surface area contributed by atoms with Crippen molar-refractivity contribution in [2.45, 2.75) is 20.3 Å². The van der Waals surface area contributed by atoms with E-state index in [9.17, 15) is 4.79 Å². The Labute approximate surface area is 120 Å². The van der Waals surface area contributed by atoms with Gasteiger partial charge in [0.15, 0.2) is 5.13 Å². The van der Waals surface area contributed by atoms with E-state index < -0.39 is 0 Å². The van der Waals surface area contributed by atoms with Gasteiger partial charge in [-0.15, -0.1) is 11.3 Å². The summed E-state index contributed by atoms with van der Waals surface area (Å²) in [7, 11) is 0. The Hall–Kier alpha value is -2.21. The van der Waals surface area contributed by atoms with Crippen molar-refractivity contribution in [2.24, 2.45) is 0 Å². The van der Waals surface area contributed by atoms with Crippen molar-refractivity contribution in [3.05, 3.63) is 46.9 Å². The minimum absolute atomic E-state index is 0.0774. The molecule has 0 radical (unpaired) electrons. The smallest absolute Gasteiger partial charge is 0.232 e. The summed E-state index contributed by atoms with van der Waals surface area (Å²) < 4.78 is 1.98. The number of nitrogens with one attached hydrogen (secondary N) is 1. The molecule has 3 heterocycles. The summed E-state index contributed by atoms with van der Waals surface area (Å²) in [5.74, 6) is -0.0774. The van der Waals surface area contributed by atoms with Gasteiger partial charge in [-0.1, -0.05) is 6.07 Å². The number of carbonyl (C=O) groups is 1. The summed E-state index contributed by atoms with van der Waals surface area (Å²) in [6.07, 6.45) is 3.90. The van der Waals surface area contributed by atoms with Gasteiger partial charge in [-0.05, 0) is 25.5 Å². The molecule has 102 valence electrons. The minimum Gasteiger partial charge on any atom is -0.303 e. The predicted molar refractivity (Wildman–Crippen MR) is 79.1 cm³/mol. The fourth-order valence-corrected chi connectivity index (χ4v) is 2.73. The van der Waals surface area contributed by atoms with Crippen LogP contribution in [0.4, 0.5) is 5.13 Å². The highest BCUT2D eigenvalue weighted by atomic mass is 32.1. The number of rotatable bonds is 3. The van der Waals surface area contributed by atoms with E-state index in [1.54, 1.807) is 6.20 Å². The minimum atomic E-state index is -0.0774. The van der Waals surface area contributed by atoms with E-state index in [4.69, 9.17) is 0 Å². The lowest BCUT2D eigenvalue weighted by atomic mass is 10.2. The molecule has 3 aromatic heterocycles. The average molecular weight is 286 g/mol. The SMILES string of the molecule is Cc1nc2c(C)cccn2c1CC(=O)Nc1nccs1. The van der Waals surface area contributed by atoms with Gasteiger partial charge < -0.3 is 9.72 Å². The molecule has 6 heteroatoms. The van der Waals surface area contributed by atoms with Crippen LogP contribution in [-0.4, -0.2) is 20.3 Å². The van der Waals surface area contributed by atoms with E-state index in [1.807, 2.05) is 42.0 Å². The topological polar surface area (TPSA) is 59.3 Å². The summed E-state index contributed by atoms with van der Waals surface area (Å²) in [5.41, 5.74) is 3.80. The Morgan fingerprint density at radius 1 is 1.45 bits per heavy atom. The Morgan fingerprint density at radius 3 is 3.05 bits per heavy atom. The van der Waals surface area contributed by atoms with Crippen LogP contribution in [0.15, 0.2) is 29.9 Å². The molecule has 0 aliphatic heterocycles. The number of hydrogen-bond acceptors (Lipinski definition) is 4. The second-order valence-corrected chi connectivity index (χ2v) is 5.49. The van der Waals surface area contributed by atoms with Crippen LogP contribution in [0.5, 0.6) is 0 Å². The predicted octanol–water partition coefficient (Wildman–Crippen LogP) is 2.59. The first-order valence-corrected chi connectivity index (χ1v) is 7.15. The van der Waals surface area contributed by atoms with Crippen LogP contribution in [0.25, 0.3) is 5.65 Å². The quantitative estimate of drug-likeness (QED) is 0.805. The lowest BCUT2D eigenvalue weighted by Gasteiger charge is -2.04. The van der Waals surface area contributed by atoms with Gasteiger partial charge in [0.05, 0.1) is 17.8 Å². The molecule has 0 aliphatic carbocycles. The Kier molecular flexibility index (Phi) is 3.23. The highest BCUT2D eigenvalue weighted by Gasteiger charge is 2.14. The molecule has 5 nitrogen and oxygen atoms in total. The third kappa shape index (κ3) is 2.30. The van der Waals surface area contributed by atoms with Gasteiger partial charge in [0, 0.05) is 17.8 Å². The molecule has 0 aromatic carbocycles. The zero-order chi connectivity index (χ0) is 14.1. The van der Waals surface area contributed by atoms with Crippen LogP contribution in [0, 0.1) is 13.8 Å².